The van der Waals surface area contributed by atoms with E-state index in [0.29, 0.717) is 12.0 Å². The van der Waals surface area contributed by atoms with Crippen molar-refractivity contribution in [1.82, 2.24) is 0 Å². The molecule has 0 saturated carbocycles. The maximum Gasteiger partial charge on any atom is 0.338 e. The molecule has 4 N–H and O–H groups in total. The van der Waals surface area contributed by atoms with Gasteiger partial charge >= 0.3 is 5.97 Å². The van der Waals surface area contributed by atoms with Crippen LogP contribution in [0.25, 0.3) is 0 Å². The molecule has 1 rings (SSSR count). The van der Waals surface area contributed by atoms with Crippen LogP contribution in [-0.2, 0) is 9.53 Å². The summed E-state index contributed by atoms with van der Waals surface area (Å²) in [4.78, 5) is 10.8. The monoisotopic (exact) mass is 142 g/mol. The second-order valence-corrected chi connectivity index (χ2v) is 2.35. The number of nitrogens with two attached hydrogens (primary N) is 2. The highest BCUT2D eigenvalue weighted by Gasteiger charge is 2.27. The summed E-state index contributed by atoms with van der Waals surface area (Å²) in [5.41, 5.74) is 10.8. The second-order valence-electron chi connectivity index (χ2n) is 2.35. The Balaban J connectivity index is 2.83. The molecule has 1 fully saturated rings. The van der Waals surface area contributed by atoms with Crippen LogP contribution in [0, 0.1) is 0 Å². The first-order valence-corrected chi connectivity index (χ1v) is 3.06. The summed E-state index contributed by atoms with van der Waals surface area (Å²) in [7, 11) is 0. The minimum absolute atomic E-state index is 0.0781. The predicted octanol–water partition coefficient (Wildman–Crippen LogP) is -0.549. The molecule has 0 aromatic rings. The fourth-order valence-corrected chi connectivity index (χ4v) is 0.902. The summed E-state index contributed by atoms with van der Waals surface area (Å²) < 4.78 is 4.78. The predicted molar refractivity (Wildman–Crippen MR) is 35.6 cm³/mol. The van der Waals surface area contributed by atoms with Crippen molar-refractivity contribution in [3.05, 3.63) is 11.4 Å². The number of ether oxygens (including phenoxy) is 1. The number of carbonyl (C=O) groups excluding carboxylic acids is 1. The molecule has 1 aliphatic heterocycles. The van der Waals surface area contributed by atoms with Gasteiger partial charge in [0.1, 0.15) is 11.9 Å². The van der Waals surface area contributed by atoms with Crippen LogP contribution in [0.1, 0.15) is 13.3 Å². The van der Waals surface area contributed by atoms with Crippen LogP contribution >= 0.6 is 0 Å². The fraction of sp³-hybridized carbons (Fsp3) is 0.500. The van der Waals surface area contributed by atoms with Gasteiger partial charge in [0.25, 0.3) is 0 Å². The Kier molecular flexibility index (Phi) is 1.53. The third-order valence-corrected chi connectivity index (χ3v) is 1.39. The number of esters is 1. The smallest absolute Gasteiger partial charge is 0.338 e. The average molecular weight is 142 g/mol. The van der Waals surface area contributed by atoms with E-state index in [1.165, 1.54) is 0 Å². The number of hydrogen-bond donors (Lipinski definition) is 2. The molecule has 0 radical (unpaired) electrons. The molecule has 0 aliphatic carbocycles. The normalized spacial score (nSPS) is 24.7. The lowest BCUT2D eigenvalue weighted by Crippen LogP contribution is -2.14. The van der Waals surface area contributed by atoms with E-state index in [-0.39, 0.29) is 17.9 Å². The van der Waals surface area contributed by atoms with E-state index in [4.69, 9.17) is 16.2 Å². The minimum atomic E-state index is -0.382. The Morgan fingerprint density at radius 2 is 2.30 bits per heavy atom. The molecule has 10 heavy (non-hydrogen) atoms. The molecule has 4 nitrogen and oxygen atoms in total. The number of hydrogen-bond acceptors (Lipinski definition) is 4. The van der Waals surface area contributed by atoms with Crippen LogP contribution in [0.2, 0.25) is 0 Å². The molecule has 1 heterocycles. The first-order chi connectivity index (χ1) is 4.61. The summed E-state index contributed by atoms with van der Waals surface area (Å²) in [6.45, 7) is 1.80. The molecule has 56 valence electrons. The van der Waals surface area contributed by atoms with Crippen LogP contribution in [0.15, 0.2) is 11.4 Å². The van der Waals surface area contributed by atoms with Crippen molar-refractivity contribution in [3.63, 3.8) is 0 Å². The van der Waals surface area contributed by atoms with Crippen molar-refractivity contribution in [2.24, 2.45) is 11.5 Å². The lowest BCUT2D eigenvalue weighted by molar-refractivity contribution is -0.138. The van der Waals surface area contributed by atoms with Crippen molar-refractivity contribution in [2.45, 2.75) is 19.4 Å². The van der Waals surface area contributed by atoms with E-state index in [1.54, 1.807) is 6.92 Å². The summed E-state index contributed by atoms with van der Waals surface area (Å²) in [5.74, 6) is -0.304. The zero-order valence-corrected chi connectivity index (χ0v) is 5.76. The third kappa shape index (κ3) is 1.05. The number of rotatable bonds is 0. The SMILES string of the molecule is CC1CC(=C(N)N)C(=O)O1. The van der Waals surface area contributed by atoms with Gasteiger partial charge in [-0.25, -0.2) is 4.79 Å². The molecule has 1 atom stereocenters. The third-order valence-electron chi connectivity index (χ3n) is 1.39. The Morgan fingerprint density at radius 1 is 1.70 bits per heavy atom. The zero-order valence-electron chi connectivity index (χ0n) is 5.76. The molecule has 0 bridgehead atoms. The molecular formula is C6H10N2O2. The second kappa shape index (κ2) is 2.21. The van der Waals surface area contributed by atoms with Gasteiger partial charge in [0.2, 0.25) is 0 Å². The highest BCUT2D eigenvalue weighted by Crippen LogP contribution is 2.19. The van der Waals surface area contributed by atoms with Gasteiger partial charge in [-0.05, 0) is 6.92 Å². The van der Waals surface area contributed by atoms with Gasteiger partial charge in [0.15, 0.2) is 0 Å². The molecule has 4 heteroatoms. The largest absolute Gasteiger partial charge is 0.459 e. The lowest BCUT2D eigenvalue weighted by atomic mass is 10.2. The van der Waals surface area contributed by atoms with E-state index in [1.807, 2.05) is 0 Å². The van der Waals surface area contributed by atoms with Crippen LogP contribution < -0.4 is 11.5 Å². The molecule has 1 saturated heterocycles. The van der Waals surface area contributed by atoms with E-state index in [2.05, 4.69) is 0 Å². The molecule has 0 aromatic carbocycles. The van der Waals surface area contributed by atoms with E-state index >= 15 is 0 Å². The summed E-state index contributed by atoms with van der Waals surface area (Å²) >= 11 is 0. The lowest BCUT2D eigenvalue weighted by Gasteiger charge is -1.94. The Hall–Kier alpha value is -1.19. The Morgan fingerprint density at radius 3 is 2.50 bits per heavy atom. The van der Waals surface area contributed by atoms with Gasteiger partial charge in [-0.1, -0.05) is 0 Å². The van der Waals surface area contributed by atoms with Gasteiger partial charge in [-0.3, -0.25) is 0 Å². The van der Waals surface area contributed by atoms with Crippen LogP contribution in [0.4, 0.5) is 0 Å². The number of cyclic esters (lactones) is 1. The molecular weight excluding hydrogens is 132 g/mol. The van der Waals surface area contributed by atoms with Crippen LogP contribution in [-0.4, -0.2) is 12.1 Å². The summed E-state index contributed by atoms with van der Waals surface area (Å²) in [6, 6.07) is 0. The highest BCUT2D eigenvalue weighted by molar-refractivity contribution is 5.91. The zero-order chi connectivity index (χ0) is 7.72. The molecule has 1 aliphatic rings. The van der Waals surface area contributed by atoms with Crippen molar-refractivity contribution in [2.75, 3.05) is 0 Å². The van der Waals surface area contributed by atoms with Gasteiger partial charge in [-0.2, -0.15) is 0 Å². The average Bonchev–Trinajstić information content (AvgIpc) is 2.10. The first kappa shape index (κ1) is 6.92. The van der Waals surface area contributed by atoms with Gasteiger partial charge in [-0.15, -0.1) is 0 Å². The van der Waals surface area contributed by atoms with Crippen molar-refractivity contribution >= 4 is 5.97 Å². The van der Waals surface area contributed by atoms with E-state index in [9.17, 15) is 4.79 Å². The summed E-state index contributed by atoms with van der Waals surface area (Å²) in [5, 5.41) is 0. The van der Waals surface area contributed by atoms with Crippen molar-refractivity contribution < 1.29 is 9.53 Å². The minimum Gasteiger partial charge on any atom is -0.459 e. The first-order valence-electron chi connectivity index (χ1n) is 3.06. The Labute approximate surface area is 58.8 Å². The van der Waals surface area contributed by atoms with Gasteiger partial charge in [0, 0.05) is 6.42 Å². The van der Waals surface area contributed by atoms with E-state index in [0.717, 1.165) is 0 Å². The quantitative estimate of drug-likeness (QED) is 0.351. The Bertz CT molecular complexity index is 194. The van der Waals surface area contributed by atoms with Crippen molar-refractivity contribution in [1.29, 1.82) is 0 Å². The highest BCUT2D eigenvalue weighted by atomic mass is 16.5. The topological polar surface area (TPSA) is 78.3 Å². The van der Waals surface area contributed by atoms with Crippen molar-refractivity contribution in [3.8, 4) is 0 Å². The van der Waals surface area contributed by atoms with Crippen LogP contribution in [0.5, 0.6) is 0 Å². The van der Waals surface area contributed by atoms with Crippen LogP contribution in [0.3, 0.4) is 0 Å². The number of carbonyl (C=O) groups is 1. The van der Waals surface area contributed by atoms with Gasteiger partial charge < -0.3 is 16.2 Å². The maximum atomic E-state index is 10.8. The molecule has 0 aromatic heterocycles. The standard InChI is InChI=1S/C6H10N2O2/c1-3-2-4(5(7)8)6(9)10-3/h3H,2,7-8H2,1H3. The molecule has 1 unspecified atom stereocenters. The molecule has 0 spiro atoms. The maximum absolute atomic E-state index is 10.8. The molecule has 0 amide bonds. The van der Waals surface area contributed by atoms with Gasteiger partial charge in [0.05, 0.1) is 5.57 Å². The van der Waals surface area contributed by atoms with E-state index < -0.39 is 0 Å². The fourth-order valence-electron chi connectivity index (χ4n) is 0.902. The summed E-state index contributed by atoms with van der Waals surface area (Å²) in [6.07, 6.45) is 0.450.